The quantitative estimate of drug-likeness (QED) is 0.650. The van der Waals surface area contributed by atoms with Gasteiger partial charge in [-0.3, -0.25) is 0 Å². The molecule has 0 amide bonds. The first kappa shape index (κ1) is 20.5. The number of para-hydroxylation sites is 1. The monoisotopic (exact) mass is 367 g/mol. The number of hydrogen-bond acceptors (Lipinski definition) is 6. The van der Waals surface area contributed by atoms with Crippen molar-refractivity contribution >= 4 is 23.1 Å². The van der Waals surface area contributed by atoms with Crippen LogP contribution in [0.5, 0.6) is 5.88 Å². The van der Waals surface area contributed by atoms with Crippen molar-refractivity contribution in [1.29, 1.82) is 0 Å². The molecule has 1 N–H and O–H groups in total. The summed E-state index contributed by atoms with van der Waals surface area (Å²) in [7, 11) is 0. The summed E-state index contributed by atoms with van der Waals surface area (Å²) < 4.78 is 0. The minimum Gasteiger partial charge on any atom is -0.493 e. The fourth-order valence-corrected chi connectivity index (χ4v) is 4.14. The van der Waals surface area contributed by atoms with E-state index in [0.29, 0.717) is 6.54 Å². The molecular weight excluding hydrogens is 342 g/mol. The predicted octanol–water partition coefficient (Wildman–Crippen LogP) is 4.18. The van der Waals surface area contributed by atoms with Gasteiger partial charge in [-0.25, -0.2) is 24.6 Å². The first-order valence-electron chi connectivity index (χ1n) is 8.92. The van der Waals surface area contributed by atoms with E-state index in [1.807, 2.05) is 30.3 Å². The second-order valence-electron chi connectivity index (χ2n) is 8.20. The van der Waals surface area contributed by atoms with Gasteiger partial charge in [-0.05, 0) is 42.2 Å². The minimum atomic E-state index is -0.0653. The van der Waals surface area contributed by atoms with Crippen LogP contribution in [0.1, 0.15) is 40.0 Å². The van der Waals surface area contributed by atoms with Crippen LogP contribution in [0.3, 0.4) is 0 Å². The summed E-state index contributed by atoms with van der Waals surface area (Å²) in [6.07, 6.45) is 5.88. The number of pyridine rings is 1. The maximum atomic E-state index is 10.3. The summed E-state index contributed by atoms with van der Waals surface area (Å²) in [6.45, 7) is 6.86. The van der Waals surface area contributed by atoms with E-state index in [1.54, 1.807) is 18.2 Å². The number of nitrogens with zero attached hydrogens (tertiary/aromatic N) is 3. The number of fused-ring (bicyclic) bond motifs is 1. The Morgan fingerprint density at radius 1 is 1.11 bits per heavy atom. The lowest BCUT2D eigenvalue weighted by atomic mass is 9.63. The Morgan fingerprint density at radius 3 is 2.56 bits per heavy atom. The van der Waals surface area contributed by atoms with Crippen molar-refractivity contribution in [2.75, 3.05) is 6.54 Å². The molecule has 1 heterocycles. The Hall–Kier alpha value is -2.81. The summed E-state index contributed by atoms with van der Waals surface area (Å²) in [4.78, 5) is 32.0. The van der Waals surface area contributed by atoms with E-state index >= 15 is 0 Å². The highest BCUT2D eigenvalue weighted by molar-refractivity contribution is 5.78. The third kappa shape index (κ3) is 6.14. The molecule has 1 fully saturated rings. The highest BCUT2D eigenvalue weighted by Crippen LogP contribution is 2.47. The van der Waals surface area contributed by atoms with Crippen molar-refractivity contribution in [3.05, 3.63) is 36.4 Å². The van der Waals surface area contributed by atoms with Gasteiger partial charge in [0, 0.05) is 11.5 Å². The van der Waals surface area contributed by atoms with Gasteiger partial charge in [-0.1, -0.05) is 39.0 Å². The van der Waals surface area contributed by atoms with E-state index in [9.17, 15) is 9.59 Å². The lowest BCUT2D eigenvalue weighted by Gasteiger charge is -2.44. The molecule has 6 heteroatoms. The van der Waals surface area contributed by atoms with Gasteiger partial charge < -0.3 is 5.11 Å². The molecule has 1 aromatic heterocycles. The van der Waals surface area contributed by atoms with Gasteiger partial charge in [0.1, 0.15) is 0 Å². The molecule has 2 unspecified atom stereocenters. The maximum Gasteiger partial charge on any atom is 0.235 e. The zero-order chi connectivity index (χ0) is 19.9. The van der Waals surface area contributed by atoms with Crippen LogP contribution in [0.25, 0.3) is 10.9 Å². The zero-order valence-corrected chi connectivity index (χ0v) is 16.0. The fraction of sp³-hybridized carbons (Fsp3) is 0.476. The van der Waals surface area contributed by atoms with Gasteiger partial charge in [0.2, 0.25) is 18.0 Å². The van der Waals surface area contributed by atoms with Crippen LogP contribution < -0.4 is 0 Å². The van der Waals surface area contributed by atoms with Gasteiger partial charge in [-0.2, -0.15) is 0 Å². The third-order valence-electron chi connectivity index (χ3n) is 4.77. The lowest BCUT2D eigenvalue weighted by molar-refractivity contribution is 0.0915. The Bertz CT molecular complexity index is 883. The van der Waals surface area contributed by atoms with Crippen LogP contribution in [-0.4, -0.2) is 34.8 Å². The molecule has 3 rings (SSSR count). The van der Waals surface area contributed by atoms with E-state index in [0.717, 1.165) is 30.2 Å². The molecule has 0 spiro atoms. The predicted molar refractivity (Wildman–Crippen MR) is 104 cm³/mol. The van der Waals surface area contributed by atoms with E-state index in [2.05, 4.69) is 35.7 Å². The van der Waals surface area contributed by atoms with Crippen molar-refractivity contribution in [2.24, 2.45) is 20.8 Å². The molecular formula is C21H25N3O3. The molecule has 1 aliphatic rings. The first-order valence-corrected chi connectivity index (χ1v) is 8.92. The maximum absolute atomic E-state index is 10.3. The van der Waals surface area contributed by atoms with E-state index < -0.39 is 0 Å². The summed E-state index contributed by atoms with van der Waals surface area (Å²) in [5.74, 6) is 0.0729. The fourth-order valence-electron chi connectivity index (χ4n) is 4.14. The molecule has 27 heavy (non-hydrogen) atoms. The van der Waals surface area contributed by atoms with Gasteiger partial charge in [-0.15, -0.1) is 0 Å². The number of aliphatic imine (C=N–C) groups is 2. The number of benzene rings is 1. The number of hydrogen-bond donors (Lipinski definition) is 1. The average molecular weight is 367 g/mol. The molecule has 6 nitrogen and oxygen atoms in total. The molecule has 0 aliphatic heterocycles. The van der Waals surface area contributed by atoms with Gasteiger partial charge in [0.15, 0.2) is 0 Å². The first-order chi connectivity index (χ1) is 12.8. The summed E-state index contributed by atoms with van der Waals surface area (Å²) in [6, 6.07) is 11.1. The number of aromatic hydroxyl groups is 1. The van der Waals surface area contributed by atoms with Crippen LogP contribution in [0.15, 0.2) is 46.4 Å². The number of aromatic nitrogens is 1. The largest absolute Gasteiger partial charge is 0.493 e. The second kappa shape index (κ2) is 8.72. The minimum absolute atomic E-state index is 0.00750. The zero-order valence-electron chi connectivity index (χ0n) is 16.0. The molecule has 2 atom stereocenters. The lowest BCUT2D eigenvalue weighted by Crippen LogP contribution is -2.39. The Kier molecular flexibility index (Phi) is 6.62. The molecule has 0 radical (unpaired) electrons. The van der Waals surface area contributed by atoms with Crippen molar-refractivity contribution in [3.63, 3.8) is 0 Å². The standard InChI is InChI=1S/C12H18N2O2.C9H7NO/c1-11(2)4-10(14-9-16)5-12(3,6-11)7-13-8-15;11-9-6-5-7-3-1-2-4-8(7)10-9/h10H,4-7H2,1-3H3;1-6H,(H,10,11). The van der Waals surface area contributed by atoms with E-state index in [4.69, 9.17) is 5.11 Å². The highest BCUT2D eigenvalue weighted by Gasteiger charge is 2.41. The number of rotatable bonds is 3. The van der Waals surface area contributed by atoms with Crippen molar-refractivity contribution in [2.45, 2.75) is 46.1 Å². The Labute approximate surface area is 159 Å². The summed E-state index contributed by atoms with van der Waals surface area (Å²) in [5.41, 5.74) is 0.883. The molecule has 1 aromatic carbocycles. The molecule has 0 bridgehead atoms. The highest BCUT2D eigenvalue weighted by atomic mass is 16.3. The normalized spacial score (nSPS) is 23.3. The van der Waals surface area contributed by atoms with Crippen molar-refractivity contribution in [3.8, 4) is 5.88 Å². The van der Waals surface area contributed by atoms with Crippen molar-refractivity contribution < 1.29 is 14.7 Å². The average Bonchev–Trinajstić information content (AvgIpc) is 2.59. The van der Waals surface area contributed by atoms with Gasteiger partial charge in [0.05, 0.1) is 18.1 Å². The topological polar surface area (TPSA) is 92.0 Å². The number of carbonyl (C=O) groups excluding carboxylic acids is 2. The molecule has 142 valence electrons. The molecule has 0 saturated heterocycles. The van der Waals surface area contributed by atoms with E-state index in [1.165, 1.54) is 0 Å². The molecule has 1 saturated carbocycles. The van der Waals surface area contributed by atoms with Gasteiger partial charge >= 0.3 is 0 Å². The molecule has 1 aliphatic carbocycles. The summed E-state index contributed by atoms with van der Waals surface area (Å²) in [5, 5.41) is 10.1. The number of isocyanates is 2. The SMILES string of the molecule is CC1(C)CC(N=C=O)CC(C)(CN=C=O)C1.Oc1ccc2ccccc2n1. The Morgan fingerprint density at radius 2 is 1.85 bits per heavy atom. The van der Waals surface area contributed by atoms with Crippen LogP contribution in [-0.2, 0) is 9.59 Å². The van der Waals surface area contributed by atoms with Crippen LogP contribution >= 0.6 is 0 Å². The second-order valence-corrected chi connectivity index (χ2v) is 8.20. The smallest absolute Gasteiger partial charge is 0.235 e. The van der Waals surface area contributed by atoms with Crippen molar-refractivity contribution in [1.82, 2.24) is 4.98 Å². The van der Waals surface area contributed by atoms with E-state index in [-0.39, 0.29) is 22.8 Å². The van der Waals surface area contributed by atoms with Crippen LogP contribution in [0, 0.1) is 10.8 Å². The Balaban J connectivity index is 0.000000206. The molecule has 2 aromatic rings. The third-order valence-corrected chi connectivity index (χ3v) is 4.77. The van der Waals surface area contributed by atoms with Gasteiger partial charge in [0.25, 0.3) is 0 Å². The van der Waals surface area contributed by atoms with Crippen LogP contribution in [0.4, 0.5) is 0 Å². The summed E-state index contributed by atoms with van der Waals surface area (Å²) >= 11 is 0. The van der Waals surface area contributed by atoms with Crippen LogP contribution in [0.2, 0.25) is 0 Å².